The molecule has 1 amide bonds. The van der Waals surface area contributed by atoms with Crippen LogP contribution in [-0.2, 0) is 0 Å². The molecule has 1 fully saturated rings. The zero-order chi connectivity index (χ0) is 24.3. The van der Waals surface area contributed by atoms with Gasteiger partial charge in [0.05, 0.1) is 5.52 Å². The van der Waals surface area contributed by atoms with Crippen LogP contribution in [0.3, 0.4) is 0 Å². The predicted molar refractivity (Wildman–Crippen MR) is 148 cm³/mol. The van der Waals surface area contributed by atoms with Crippen molar-refractivity contribution < 1.29 is 9.53 Å². The van der Waals surface area contributed by atoms with E-state index in [1.165, 1.54) is 0 Å². The summed E-state index contributed by atoms with van der Waals surface area (Å²) in [5.41, 5.74) is 4.78. The van der Waals surface area contributed by atoms with Crippen LogP contribution in [0.4, 0.5) is 0 Å². The van der Waals surface area contributed by atoms with Gasteiger partial charge in [-0.15, -0.1) is 12.4 Å². The van der Waals surface area contributed by atoms with E-state index in [2.05, 4.69) is 39.2 Å². The van der Waals surface area contributed by atoms with E-state index in [9.17, 15) is 4.79 Å². The highest BCUT2D eigenvalue weighted by Gasteiger charge is 2.25. The van der Waals surface area contributed by atoms with Crippen LogP contribution in [0.25, 0.3) is 33.4 Å². The molecule has 0 aliphatic carbocycles. The van der Waals surface area contributed by atoms with Gasteiger partial charge < -0.3 is 14.6 Å². The van der Waals surface area contributed by atoms with Crippen molar-refractivity contribution in [3.8, 4) is 28.3 Å². The van der Waals surface area contributed by atoms with E-state index in [1.807, 2.05) is 65.7 Å². The largest absolute Gasteiger partial charge is 0.490 e. The number of carbonyl (C=O) groups is 1. The van der Waals surface area contributed by atoms with Gasteiger partial charge in [0.15, 0.2) is 0 Å². The third-order valence-corrected chi connectivity index (χ3v) is 6.69. The van der Waals surface area contributed by atoms with E-state index in [0.717, 1.165) is 52.0 Å². The third-order valence-electron chi connectivity index (χ3n) is 6.69. The number of nitrogens with one attached hydrogen (secondary N) is 1. The topological polar surface area (TPSA) is 71.1 Å². The maximum atomic E-state index is 13.1. The fourth-order valence-corrected chi connectivity index (χ4v) is 4.73. The number of piperidine rings is 1. The molecule has 0 spiro atoms. The minimum Gasteiger partial charge on any atom is -0.490 e. The fraction of sp³-hybridized carbons (Fsp3) is 0.167. The normalized spacial score (nSPS) is 13.8. The lowest BCUT2D eigenvalue weighted by atomic mass is 10.0. The summed E-state index contributed by atoms with van der Waals surface area (Å²) in [6.07, 6.45) is 7.11. The Bertz CT molecular complexity index is 1490. The zero-order valence-electron chi connectivity index (χ0n) is 20.2. The summed E-state index contributed by atoms with van der Waals surface area (Å²) in [5.74, 6) is 1.67. The van der Waals surface area contributed by atoms with Crippen molar-refractivity contribution in [3.05, 3.63) is 103 Å². The molecule has 1 saturated heterocycles. The molecule has 2 aromatic heterocycles. The van der Waals surface area contributed by atoms with Gasteiger partial charge in [-0.2, -0.15) is 0 Å². The van der Waals surface area contributed by atoms with E-state index in [1.54, 1.807) is 12.4 Å². The summed E-state index contributed by atoms with van der Waals surface area (Å²) in [6.45, 7) is 1.35. The first-order valence-electron chi connectivity index (χ1n) is 12.2. The van der Waals surface area contributed by atoms with Crippen molar-refractivity contribution >= 4 is 29.2 Å². The first-order valence-corrected chi connectivity index (χ1v) is 12.2. The highest BCUT2D eigenvalue weighted by molar-refractivity contribution is 5.95. The number of para-hydroxylation sites is 1. The Kier molecular flexibility index (Phi) is 7.19. The zero-order valence-corrected chi connectivity index (χ0v) is 21.0. The summed E-state index contributed by atoms with van der Waals surface area (Å²) in [4.78, 5) is 26.9. The second kappa shape index (κ2) is 10.8. The van der Waals surface area contributed by atoms with Gasteiger partial charge in [-0.05, 0) is 42.0 Å². The molecule has 1 aliphatic rings. The number of pyridine rings is 1. The average Bonchev–Trinajstić information content (AvgIpc) is 3.49. The van der Waals surface area contributed by atoms with Crippen LogP contribution >= 0.6 is 12.4 Å². The van der Waals surface area contributed by atoms with Crippen LogP contribution in [0.5, 0.6) is 5.75 Å². The number of benzene rings is 3. The molecule has 0 bridgehead atoms. The molecule has 0 atom stereocenters. The minimum atomic E-state index is 0. The molecule has 1 aliphatic heterocycles. The summed E-state index contributed by atoms with van der Waals surface area (Å²) in [6, 6.07) is 26.1. The molecule has 6 nitrogen and oxygen atoms in total. The number of imidazole rings is 1. The van der Waals surface area contributed by atoms with Gasteiger partial charge in [-0.3, -0.25) is 9.78 Å². The molecule has 1 N–H and O–H groups in total. The van der Waals surface area contributed by atoms with Crippen LogP contribution in [0.2, 0.25) is 0 Å². The van der Waals surface area contributed by atoms with E-state index in [-0.39, 0.29) is 24.4 Å². The minimum absolute atomic E-state index is 0. The first-order chi connectivity index (χ1) is 17.7. The molecule has 3 aromatic carbocycles. The number of amides is 1. The monoisotopic (exact) mass is 510 g/mol. The standard InChI is InChI=1S/C30H26N4O2.ClH/c35-30(24-6-3-5-23(19-24)29-31-14-15-32-29)34-16-12-27(13-17-34)36-26-10-8-21(9-11-26)25-18-22-4-1-2-7-28(22)33-20-25;/h1-11,14-15,18-20,27H,12-13,16-17H2,(H,31,32);1H. The number of hydrogen-bond acceptors (Lipinski definition) is 4. The third kappa shape index (κ3) is 5.34. The predicted octanol–water partition coefficient (Wildman–Crippen LogP) is 6.40. The van der Waals surface area contributed by atoms with E-state index in [0.29, 0.717) is 18.7 Å². The number of carbonyl (C=O) groups excluding carboxylic acids is 1. The van der Waals surface area contributed by atoms with Gasteiger partial charge in [-0.25, -0.2) is 4.98 Å². The second-order valence-electron chi connectivity index (χ2n) is 9.07. The van der Waals surface area contributed by atoms with Gasteiger partial charge >= 0.3 is 0 Å². The van der Waals surface area contributed by atoms with Gasteiger partial charge in [0.2, 0.25) is 0 Å². The number of hydrogen-bond donors (Lipinski definition) is 1. The second-order valence-corrected chi connectivity index (χ2v) is 9.07. The van der Waals surface area contributed by atoms with Crippen molar-refractivity contribution in [2.75, 3.05) is 13.1 Å². The van der Waals surface area contributed by atoms with Crippen molar-refractivity contribution in [2.45, 2.75) is 18.9 Å². The van der Waals surface area contributed by atoms with E-state index < -0.39 is 0 Å². The van der Waals surface area contributed by atoms with Crippen LogP contribution in [0.1, 0.15) is 23.2 Å². The number of H-pyrrole nitrogens is 1. The number of aromatic nitrogens is 3. The lowest BCUT2D eigenvalue weighted by Crippen LogP contribution is -2.41. The average molecular weight is 511 g/mol. The van der Waals surface area contributed by atoms with Gasteiger partial charge in [-0.1, -0.05) is 42.5 Å². The van der Waals surface area contributed by atoms with Crippen LogP contribution in [0, 0.1) is 0 Å². The Morgan fingerprint density at radius 3 is 2.46 bits per heavy atom. The molecule has 7 heteroatoms. The van der Waals surface area contributed by atoms with Crippen molar-refractivity contribution in [1.82, 2.24) is 19.9 Å². The number of nitrogens with zero attached hydrogens (tertiary/aromatic N) is 3. The first kappa shape index (κ1) is 24.5. The van der Waals surface area contributed by atoms with Gasteiger partial charge in [0, 0.05) is 66.6 Å². The number of aromatic amines is 1. The maximum Gasteiger partial charge on any atom is 0.253 e. The molecule has 3 heterocycles. The Balaban J connectivity index is 0.00000280. The molecule has 6 rings (SSSR count). The highest BCUT2D eigenvalue weighted by Crippen LogP contribution is 2.27. The summed E-state index contributed by atoms with van der Waals surface area (Å²) in [5, 5.41) is 1.13. The summed E-state index contributed by atoms with van der Waals surface area (Å²) in [7, 11) is 0. The van der Waals surface area contributed by atoms with Crippen molar-refractivity contribution in [1.29, 1.82) is 0 Å². The maximum absolute atomic E-state index is 13.1. The number of likely N-dealkylation sites (tertiary alicyclic amines) is 1. The number of ether oxygens (including phenoxy) is 1. The molecule has 0 unspecified atom stereocenters. The Hall–Kier alpha value is -4.16. The van der Waals surface area contributed by atoms with Crippen molar-refractivity contribution in [2.24, 2.45) is 0 Å². The molecular formula is C30H27ClN4O2. The lowest BCUT2D eigenvalue weighted by Gasteiger charge is -2.32. The van der Waals surface area contributed by atoms with Gasteiger partial charge in [0.1, 0.15) is 17.7 Å². The highest BCUT2D eigenvalue weighted by atomic mass is 35.5. The van der Waals surface area contributed by atoms with E-state index >= 15 is 0 Å². The Labute approximate surface area is 221 Å². The molecule has 5 aromatic rings. The van der Waals surface area contributed by atoms with Gasteiger partial charge in [0.25, 0.3) is 5.91 Å². The van der Waals surface area contributed by atoms with E-state index in [4.69, 9.17) is 4.74 Å². The lowest BCUT2D eigenvalue weighted by molar-refractivity contribution is 0.0595. The van der Waals surface area contributed by atoms with Crippen LogP contribution < -0.4 is 4.74 Å². The Morgan fingerprint density at radius 1 is 0.865 bits per heavy atom. The van der Waals surface area contributed by atoms with Crippen LogP contribution in [-0.4, -0.2) is 45.0 Å². The van der Waals surface area contributed by atoms with Crippen LogP contribution in [0.15, 0.2) is 97.5 Å². The SMILES string of the molecule is Cl.O=C(c1cccc(-c2ncc[nH]2)c1)N1CCC(Oc2ccc(-c3cnc4ccccc4c3)cc2)CC1. The van der Waals surface area contributed by atoms with Crippen molar-refractivity contribution in [3.63, 3.8) is 0 Å². The fourth-order valence-electron chi connectivity index (χ4n) is 4.73. The molecule has 0 radical (unpaired) electrons. The quantitative estimate of drug-likeness (QED) is 0.297. The molecule has 37 heavy (non-hydrogen) atoms. The smallest absolute Gasteiger partial charge is 0.253 e. The molecular weight excluding hydrogens is 484 g/mol. The molecule has 186 valence electrons. The summed E-state index contributed by atoms with van der Waals surface area (Å²) < 4.78 is 6.25. The summed E-state index contributed by atoms with van der Waals surface area (Å²) >= 11 is 0. The number of fused-ring (bicyclic) bond motifs is 1. The molecule has 0 saturated carbocycles. The number of halogens is 1. The Morgan fingerprint density at radius 2 is 1.68 bits per heavy atom. The number of rotatable bonds is 5.